The van der Waals surface area contributed by atoms with Gasteiger partial charge in [0, 0.05) is 17.7 Å². The highest BCUT2D eigenvalue weighted by Gasteiger charge is 2.28. The largest absolute Gasteiger partial charge is 0.280 e. The maximum absolute atomic E-state index is 12.9. The Bertz CT molecular complexity index is 1440. The SMILES string of the molecule is CC1=NN(c2ccccc2)C(=O)/C1=C\c1ccc(-n2nncc2-c2ccc([N+](=O)[O-])cc2)cc1. The minimum Gasteiger partial charge on any atom is -0.267 e. The summed E-state index contributed by atoms with van der Waals surface area (Å²) in [6.07, 6.45) is 3.42. The zero-order chi connectivity index (χ0) is 23.7. The summed E-state index contributed by atoms with van der Waals surface area (Å²) in [7, 11) is 0. The van der Waals surface area contributed by atoms with Crippen molar-refractivity contribution in [2.75, 3.05) is 5.01 Å². The van der Waals surface area contributed by atoms with E-state index < -0.39 is 4.92 Å². The zero-order valence-corrected chi connectivity index (χ0v) is 18.1. The number of hydrogen-bond donors (Lipinski definition) is 0. The fourth-order valence-corrected chi connectivity index (χ4v) is 3.68. The minimum atomic E-state index is -0.437. The maximum Gasteiger partial charge on any atom is 0.280 e. The monoisotopic (exact) mass is 450 g/mol. The van der Waals surface area contributed by atoms with Crippen LogP contribution in [0.3, 0.4) is 0 Å². The van der Waals surface area contributed by atoms with Crippen LogP contribution in [0.2, 0.25) is 0 Å². The van der Waals surface area contributed by atoms with Gasteiger partial charge in [0.05, 0.1) is 39.5 Å². The van der Waals surface area contributed by atoms with Crippen molar-refractivity contribution in [2.45, 2.75) is 6.92 Å². The molecular weight excluding hydrogens is 432 g/mol. The molecule has 34 heavy (non-hydrogen) atoms. The van der Waals surface area contributed by atoms with Gasteiger partial charge < -0.3 is 0 Å². The van der Waals surface area contributed by atoms with Crippen LogP contribution in [-0.4, -0.2) is 31.5 Å². The van der Waals surface area contributed by atoms with Gasteiger partial charge in [0.1, 0.15) is 0 Å². The molecule has 0 saturated carbocycles. The molecule has 2 heterocycles. The number of carbonyl (C=O) groups excluding carboxylic acids is 1. The molecule has 9 nitrogen and oxygen atoms in total. The average Bonchev–Trinajstić information content (AvgIpc) is 3.46. The highest BCUT2D eigenvalue weighted by Crippen LogP contribution is 2.26. The number of amides is 1. The van der Waals surface area contributed by atoms with Crippen LogP contribution in [0.15, 0.2) is 95.7 Å². The quantitative estimate of drug-likeness (QED) is 0.250. The second kappa shape index (κ2) is 8.55. The third-order valence-corrected chi connectivity index (χ3v) is 5.44. The van der Waals surface area contributed by atoms with E-state index in [0.717, 1.165) is 22.5 Å². The fraction of sp³-hybridized carbons (Fsp3) is 0.0400. The van der Waals surface area contributed by atoms with Crippen molar-refractivity contribution in [3.8, 4) is 16.9 Å². The lowest BCUT2D eigenvalue weighted by Crippen LogP contribution is -2.21. The van der Waals surface area contributed by atoms with Gasteiger partial charge in [-0.2, -0.15) is 10.1 Å². The van der Waals surface area contributed by atoms with E-state index in [9.17, 15) is 14.9 Å². The topological polar surface area (TPSA) is 107 Å². The lowest BCUT2D eigenvalue weighted by atomic mass is 10.1. The number of hydrazone groups is 1. The number of carbonyl (C=O) groups is 1. The van der Waals surface area contributed by atoms with Crippen LogP contribution in [0.4, 0.5) is 11.4 Å². The Balaban J connectivity index is 1.40. The Morgan fingerprint density at radius 1 is 0.912 bits per heavy atom. The number of nitro groups is 1. The number of hydrogen-bond acceptors (Lipinski definition) is 6. The molecule has 9 heteroatoms. The van der Waals surface area contributed by atoms with Crippen molar-refractivity contribution < 1.29 is 9.72 Å². The molecule has 0 aliphatic carbocycles. The molecule has 0 unspecified atom stereocenters. The lowest BCUT2D eigenvalue weighted by Gasteiger charge is -2.11. The van der Waals surface area contributed by atoms with Gasteiger partial charge in [-0.25, -0.2) is 4.68 Å². The summed E-state index contributed by atoms with van der Waals surface area (Å²) < 4.78 is 1.66. The minimum absolute atomic E-state index is 0.0197. The van der Waals surface area contributed by atoms with Crippen molar-refractivity contribution in [2.24, 2.45) is 5.10 Å². The van der Waals surface area contributed by atoms with Crippen molar-refractivity contribution >= 4 is 29.1 Å². The van der Waals surface area contributed by atoms with E-state index in [1.807, 2.05) is 67.6 Å². The van der Waals surface area contributed by atoms with E-state index in [-0.39, 0.29) is 11.6 Å². The van der Waals surface area contributed by atoms with Crippen LogP contribution in [0.25, 0.3) is 23.0 Å². The molecule has 1 aromatic heterocycles. The van der Waals surface area contributed by atoms with Gasteiger partial charge in [-0.05, 0) is 55.0 Å². The Hall–Kier alpha value is -4.92. The van der Waals surface area contributed by atoms with Crippen molar-refractivity contribution in [3.63, 3.8) is 0 Å². The molecule has 166 valence electrons. The molecule has 0 bridgehead atoms. The average molecular weight is 450 g/mol. The predicted molar refractivity (Wildman–Crippen MR) is 128 cm³/mol. The number of nitro benzene ring substituents is 1. The predicted octanol–water partition coefficient (Wildman–Crippen LogP) is 4.65. The molecule has 0 radical (unpaired) electrons. The number of rotatable bonds is 5. The molecule has 0 fully saturated rings. The van der Waals surface area contributed by atoms with E-state index in [1.54, 1.807) is 23.0 Å². The van der Waals surface area contributed by atoms with Gasteiger partial charge in [0.2, 0.25) is 0 Å². The Morgan fingerprint density at radius 2 is 1.62 bits per heavy atom. The summed E-state index contributed by atoms with van der Waals surface area (Å²) in [6.45, 7) is 1.81. The van der Waals surface area contributed by atoms with Gasteiger partial charge in [-0.1, -0.05) is 35.5 Å². The van der Waals surface area contributed by atoms with Crippen molar-refractivity contribution in [1.82, 2.24) is 15.0 Å². The lowest BCUT2D eigenvalue weighted by molar-refractivity contribution is -0.384. The highest BCUT2D eigenvalue weighted by molar-refractivity contribution is 6.32. The number of benzene rings is 3. The van der Waals surface area contributed by atoms with E-state index in [2.05, 4.69) is 15.4 Å². The van der Waals surface area contributed by atoms with Gasteiger partial charge in [-0.3, -0.25) is 14.9 Å². The molecule has 4 aromatic rings. The number of nitrogens with zero attached hydrogens (tertiary/aromatic N) is 6. The van der Waals surface area contributed by atoms with E-state index in [4.69, 9.17) is 0 Å². The summed E-state index contributed by atoms with van der Waals surface area (Å²) in [6, 6.07) is 23.0. The van der Waals surface area contributed by atoms with Crippen LogP contribution >= 0.6 is 0 Å². The first-order valence-electron chi connectivity index (χ1n) is 10.4. The summed E-state index contributed by atoms with van der Waals surface area (Å²) >= 11 is 0. The first kappa shape index (κ1) is 21.0. The van der Waals surface area contributed by atoms with Crippen LogP contribution < -0.4 is 5.01 Å². The second-order valence-corrected chi connectivity index (χ2v) is 7.62. The van der Waals surface area contributed by atoms with E-state index in [1.165, 1.54) is 17.1 Å². The van der Waals surface area contributed by atoms with Crippen LogP contribution in [0.1, 0.15) is 12.5 Å². The number of aromatic nitrogens is 3. The Morgan fingerprint density at radius 3 is 2.29 bits per heavy atom. The molecule has 0 saturated heterocycles. The third kappa shape index (κ3) is 3.86. The first-order chi connectivity index (χ1) is 16.5. The third-order valence-electron chi connectivity index (χ3n) is 5.44. The maximum atomic E-state index is 12.9. The van der Waals surface area contributed by atoms with Crippen molar-refractivity contribution in [3.05, 3.63) is 106 Å². The molecule has 0 N–H and O–H groups in total. The molecular formula is C25H18N6O3. The molecule has 1 aliphatic rings. The van der Waals surface area contributed by atoms with E-state index in [0.29, 0.717) is 17.0 Å². The second-order valence-electron chi connectivity index (χ2n) is 7.62. The Labute approximate surface area is 194 Å². The summed E-state index contributed by atoms with van der Waals surface area (Å²) in [5.74, 6) is -0.176. The van der Waals surface area contributed by atoms with E-state index >= 15 is 0 Å². The van der Waals surface area contributed by atoms with Gasteiger partial charge in [-0.15, -0.1) is 5.10 Å². The number of anilines is 1. The molecule has 1 amide bonds. The van der Waals surface area contributed by atoms with Gasteiger partial charge in [0.15, 0.2) is 0 Å². The molecule has 1 aliphatic heterocycles. The van der Waals surface area contributed by atoms with Gasteiger partial charge in [0.25, 0.3) is 11.6 Å². The van der Waals surface area contributed by atoms with Gasteiger partial charge >= 0.3 is 0 Å². The summed E-state index contributed by atoms with van der Waals surface area (Å²) in [5.41, 5.74) is 4.98. The molecule has 5 rings (SSSR count). The van der Waals surface area contributed by atoms with Crippen LogP contribution in [0, 0.1) is 10.1 Å². The summed E-state index contributed by atoms with van der Waals surface area (Å²) in [4.78, 5) is 23.4. The molecule has 0 spiro atoms. The first-order valence-corrected chi connectivity index (χ1v) is 10.4. The smallest absolute Gasteiger partial charge is 0.267 e. The fourth-order valence-electron chi connectivity index (χ4n) is 3.68. The normalized spacial score (nSPS) is 14.5. The Kier molecular flexibility index (Phi) is 5.27. The van der Waals surface area contributed by atoms with Crippen LogP contribution in [0.5, 0.6) is 0 Å². The number of non-ortho nitro benzene ring substituents is 1. The highest BCUT2D eigenvalue weighted by atomic mass is 16.6. The van der Waals surface area contributed by atoms with Crippen LogP contribution in [-0.2, 0) is 4.79 Å². The molecule has 3 aromatic carbocycles. The number of para-hydroxylation sites is 1. The molecule has 0 atom stereocenters. The summed E-state index contributed by atoms with van der Waals surface area (Å²) in [5, 5.41) is 24.9. The standard InChI is InChI=1S/C25H18N6O3/c1-17-23(25(32)30(27-17)20-5-3-2-4-6-20)15-18-7-11-21(12-8-18)29-24(16-26-28-29)19-9-13-22(14-10-19)31(33)34/h2-16H,1H3/b23-15-. The zero-order valence-electron chi connectivity index (χ0n) is 18.1. The van der Waals surface area contributed by atoms with Crippen molar-refractivity contribution in [1.29, 1.82) is 0 Å².